The third-order valence-corrected chi connectivity index (χ3v) is 5.89. The summed E-state index contributed by atoms with van der Waals surface area (Å²) in [7, 11) is 3.24. The first-order valence-corrected chi connectivity index (χ1v) is 11.4. The minimum absolute atomic E-state index is 0.544. The van der Waals surface area contributed by atoms with Gasteiger partial charge >= 0.3 is 0 Å². The second kappa shape index (κ2) is 10.5. The van der Waals surface area contributed by atoms with Gasteiger partial charge in [-0.2, -0.15) is 0 Å². The molecule has 0 aliphatic rings. The van der Waals surface area contributed by atoms with E-state index in [0.29, 0.717) is 34.7 Å². The molecule has 2 aromatic heterocycles. The number of aromatic nitrogens is 3. The van der Waals surface area contributed by atoms with Crippen molar-refractivity contribution in [1.82, 2.24) is 14.8 Å². The van der Waals surface area contributed by atoms with Crippen LogP contribution in [0.15, 0.2) is 65.3 Å². The van der Waals surface area contributed by atoms with Crippen molar-refractivity contribution < 1.29 is 13.9 Å². The lowest BCUT2D eigenvalue weighted by molar-refractivity contribution is 0.391. The van der Waals surface area contributed by atoms with E-state index < -0.39 is 0 Å². The van der Waals surface area contributed by atoms with Gasteiger partial charge in [-0.25, -0.2) is 0 Å². The number of para-hydroxylation sites is 1. The lowest BCUT2D eigenvalue weighted by atomic mass is 10.1. The van der Waals surface area contributed by atoms with Crippen LogP contribution in [0.5, 0.6) is 11.5 Å². The summed E-state index contributed by atoms with van der Waals surface area (Å²) in [6.45, 7) is 0. The number of nitrogens with zero attached hydrogens (tertiary/aromatic N) is 3. The third-order valence-electron chi connectivity index (χ3n) is 4.82. The number of aryl methyl sites for hydroxylation is 1. The molecule has 0 bridgehead atoms. The number of anilines is 1. The molecular formula is C23H23ClN4O3S. The summed E-state index contributed by atoms with van der Waals surface area (Å²) in [5, 5.41) is 9.47. The Hall–Kier alpha value is -3.10. The molecule has 0 unspecified atom stereocenters. The summed E-state index contributed by atoms with van der Waals surface area (Å²) in [4.78, 5) is 0. The molecule has 0 aliphatic heterocycles. The van der Waals surface area contributed by atoms with Crippen molar-refractivity contribution in [3.8, 4) is 28.8 Å². The van der Waals surface area contributed by atoms with Gasteiger partial charge in [0.05, 0.1) is 20.5 Å². The minimum Gasteiger partial charge on any atom is -0.494 e. The van der Waals surface area contributed by atoms with Crippen LogP contribution in [-0.4, -0.2) is 34.7 Å². The lowest BCUT2D eigenvalue weighted by Gasteiger charge is -2.16. The van der Waals surface area contributed by atoms with Gasteiger partial charge in [0.15, 0.2) is 5.76 Å². The highest BCUT2D eigenvalue weighted by molar-refractivity contribution is 8.00. The van der Waals surface area contributed by atoms with Crippen molar-refractivity contribution in [3.05, 3.63) is 71.4 Å². The molecule has 0 radical (unpaired) electrons. The average molecular weight is 471 g/mol. The molecule has 2 aromatic carbocycles. The second-order valence-corrected chi connectivity index (χ2v) is 8.19. The maximum atomic E-state index is 5.96. The summed E-state index contributed by atoms with van der Waals surface area (Å²) < 4.78 is 22.0. The molecule has 0 amide bonds. The summed E-state index contributed by atoms with van der Waals surface area (Å²) in [6.07, 6.45) is 3.57. The molecular weight excluding hydrogens is 448 g/mol. The van der Waals surface area contributed by atoms with Crippen molar-refractivity contribution in [3.63, 3.8) is 0 Å². The van der Waals surface area contributed by atoms with E-state index in [1.54, 1.807) is 32.4 Å². The van der Waals surface area contributed by atoms with E-state index in [-0.39, 0.29) is 0 Å². The van der Waals surface area contributed by atoms with E-state index in [1.807, 2.05) is 47.0 Å². The van der Waals surface area contributed by atoms with Gasteiger partial charge in [-0.3, -0.25) is 9.29 Å². The topological polar surface area (TPSA) is 74.3 Å². The van der Waals surface area contributed by atoms with Crippen molar-refractivity contribution >= 4 is 29.5 Å². The normalized spacial score (nSPS) is 10.8. The predicted octanol–water partition coefficient (Wildman–Crippen LogP) is 5.89. The molecule has 7 nitrogen and oxygen atoms in total. The number of rotatable bonds is 10. The highest BCUT2D eigenvalue weighted by Gasteiger charge is 2.23. The highest BCUT2D eigenvalue weighted by Crippen LogP contribution is 2.38. The number of nitrogens with one attached hydrogen (secondary N) is 1. The van der Waals surface area contributed by atoms with Gasteiger partial charge in [-0.15, -0.1) is 10.2 Å². The molecule has 0 fully saturated rings. The van der Waals surface area contributed by atoms with Crippen LogP contribution in [0.3, 0.4) is 0 Å². The van der Waals surface area contributed by atoms with Crippen LogP contribution in [0.4, 0.5) is 5.95 Å². The number of hydrogen-bond acceptors (Lipinski definition) is 7. The van der Waals surface area contributed by atoms with Gasteiger partial charge in [-0.05, 0) is 54.8 Å². The van der Waals surface area contributed by atoms with Gasteiger partial charge in [0.1, 0.15) is 17.2 Å². The standard InChI is InChI=1S/C23H23ClN4O3S/c1-29-18-7-3-8-19(30-2)21(18)28-22(20-9-4-14-31-20)25-26-23(28)27-32-15-5-6-16-10-12-17(24)13-11-16/h3-4,7-14H,5-6,15H2,1-2H3,(H,26,27). The molecule has 9 heteroatoms. The van der Waals surface area contributed by atoms with Crippen molar-refractivity contribution in [2.75, 3.05) is 24.7 Å². The fourth-order valence-corrected chi connectivity index (χ4v) is 4.07. The molecule has 1 N–H and O–H groups in total. The van der Waals surface area contributed by atoms with Gasteiger partial charge in [0, 0.05) is 10.8 Å². The van der Waals surface area contributed by atoms with Gasteiger partial charge < -0.3 is 13.9 Å². The average Bonchev–Trinajstić information content (AvgIpc) is 3.49. The van der Waals surface area contributed by atoms with E-state index >= 15 is 0 Å². The number of furan rings is 1. The third kappa shape index (κ3) is 4.87. The second-order valence-electron chi connectivity index (χ2n) is 6.85. The first-order chi connectivity index (χ1) is 15.7. The minimum atomic E-state index is 0.544. The molecule has 2 heterocycles. The fraction of sp³-hybridized carbons (Fsp3) is 0.217. The molecule has 0 spiro atoms. The van der Waals surface area contributed by atoms with E-state index in [9.17, 15) is 0 Å². The maximum absolute atomic E-state index is 5.96. The van der Waals surface area contributed by atoms with Gasteiger partial charge in [-0.1, -0.05) is 41.7 Å². The Bertz CT molecular complexity index is 1120. The predicted molar refractivity (Wildman–Crippen MR) is 128 cm³/mol. The van der Waals surface area contributed by atoms with E-state index in [1.165, 1.54) is 5.56 Å². The summed E-state index contributed by atoms with van der Waals surface area (Å²) in [5.41, 5.74) is 1.95. The van der Waals surface area contributed by atoms with Crippen LogP contribution in [0.25, 0.3) is 17.3 Å². The van der Waals surface area contributed by atoms with Crippen molar-refractivity contribution in [2.45, 2.75) is 12.8 Å². The Labute approximate surface area is 195 Å². The van der Waals surface area contributed by atoms with E-state index in [4.69, 9.17) is 25.5 Å². The van der Waals surface area contributed by atoms with Gasteiger partial charge in [0.2, 0.25) is 11.8 Å². The van der Waals surface area contributed by atoms with Crippen LogP contribution in [-0.2, 0) is 6.42 Å². The summed E-state index contributed by atoms with van der Waals surface area (Å²) >= 11 is 7.52. The molecule has 32 heavy (non-hydrogen) atoms. The molecule has 166 valence electrons. The van der Waals surface area contributed by atoms with Gasteiger partial charge in [0.25, 0.3) is 0 Å². The molecule has 0 saturated heterocycles. The lowest BCUT2D eigenvalue weighted by Crippen LogP contribution is -2.06. The van der Waals surface area contributed by atoms with Crippen molar-refractivity contribution in [1.29, 1.82) is 0 Å². The Morgan fingerprint density at radius 2 is 1.75 bits per heavy atom. The SMILES string of the molecule is COc1cccc(OC)c1-n1c(NSCCCc2ccc(Cl)cc2)nnc1-c1ccco1. The summed E-state index contributed by atoms with van der Waals surface area (Å²) in [6, 6.07) is 17.2. The smallest absolute Gasteiger partial charge is 0.239 e. The zero-order valence-electron chi connectivity index (χ0n) is 17.7. The first-order valence-electron chi connectivity index (χ1n) is 10.0. The summed E-state index contributed by atoms with van der Waals surface area (Å²) in [5.74, 6) is 3.83. The zero-order chi connectivity index (χ0) is 22.3. The Morgan fingerprint density at radius 3 is 2.41 bits per heavy atom. The first kappa shape index (κ1) is 22.1. The van der Waals surface area contributed by atoms with E-state index in [0.717, 1.165) is 23.6 Å². The molecule has 4 rings (SSSR count). The largest absolute Gasteiger partial charge is 0.494 e. The van der Waals surface area contributed by atoms with Crippen LogP contribution < -0.4 is 14.2 Å². The van der Waals surface area contributed by atoms with Crippen molar-refractivity contribution in [2.24, 2.45) is 0 Å². The van der Waals surface area contributed by atoms with E-state index in [2.05, 4.69) is 27.1 Å². The molecule has 0 aliphatic carbocycles. The number of ether oxygens (including phenoxy) is 2. The van der Waals surface area contributed by atoms with Crippen LogP contribution >= 0.6 is 23.5 Å². The Kier molecular flexibility index (Phi) is 7.24. The van der Waals surface area contributed by atoms with Crippen LogP contribution in [0.2, 0.25) is 5.02 Å². The quantitative estimate of drug-likeness (QED) is 0.229. The number of methoxy groups -OCH3 is 2. The van der Waals surface area contributed by atoms with Crippen LogP contribution in [0, 0.1) is 0 Å². The Balaban J connectivity index is 1.55. The highest BCUT2D eigenvalue weighted by atomic mass is 35.5. The molecule has 4 aromatic rings. The fourth-order valence-electron chi connectivity index (χ4n) is 3.29. The zero-order valence-corrected chi connectivity index (χ0v) is 19.3. The number of benzene rings is 2. The maximum Gasteiger partial charge on any atom is 0.239 e. The van der Waals surface area contributed by atoms with Crippen LogP contribution in [0.1, 0.15) is 12.0 Å². The number of hydrogen-bond donors (Lipinski definition) is 1. The molecule has 0 saturated carbocycles. The number of halogens is 1. The monoisotopic (exact) mass is 470 g/mol. The Morgan fingerprint density at radius 1 is 1.00 bits per heavy atom. The molecule has 0 atom stereocenters.